The molecule has 168 valence electrons. The highest BCUT2D eigenvalue weighted by Crippen LogP contribution is 2.38. The number of aromatic hydroxyl groups is 2. The average Bonchev–Trinajstić information content (AvgIpc) is 2.66. The first kappa shape index (κ1) is 23.8. The van der Waals surface area contributed by atoms with E-state index in [2.05, 4.69) is 0 Å². The van der Waals surface area contributed by atoms with E-state index in [9.17, 15) is 28.2 Å². The third-order valence-electron chi connectivity index (χ3n) is 4.52. The lowest BCUT2D eigenvalue weighted by Crippen LogP contribution is -2.28. The number of anilines is 2. The molecule has 0 fully saturated rings. The largest absolute Gasteiger partial charge is 0.506 e. The van der Waals surface area contributed by atoms with Gasteiger partial charge in [0.25, 0.3) is 0 Å². The van der Waals surface area contributed by atoms with Crippen LogP contribution < -0.4 is 11.5 Å². The SMILES string of the molecule is CC(=O)OCC(c1ccc(O)c(N)c1)S(=O)(=O)C(COC(C)=O)c1ccc(O)c(N)c1. The second kappa shape index (κ2) is 9.56. The number of hydrogen-bond donors (Lipinski definition) is 4. The smallest absolute Gasteiger partial charge is 0.302 e. The zero-order chi connectivity index (χ0) is 23.3. The fourth-order valence-electron chi connectivity index (χ4n) is 2.89. The van der Waals surface area contributed by atoms with Crippen LogP contribution in [0.5, 0.6) is 11.5 Å². The first-order chi connectivity index (χ1) is 14.4. The van der Waals surface area contributed by atoms with Gasteiger partial charge in [-0.05, 0) is 35.4 Å². The van der Waals surface area contributed by atoms with Crippen molar-refractivity contribution in [2.75, 3.05) is 24.7 Å². The summed E-state index contributed by atoms with van der Waals surface area (Å²) in [6.45, 7) is 1.19. The summed E-state index contributed by atoms with van der Waals surface area (Å²) in [5.74, 6) is -1.87. The van der Waals surface area contributed by atoms with Gasteiger partial charge in [0, 0.05) is 13.8 Å². The average molecular weight is 452 g/mol. The zero-order valence-electron chi connectivity index (χ0n) is 16.9. The molecule has 2 atom stereocenters. The molecule has 0 aliphatic carbocycles. The van der Waals surface area contributed by atoms with Crippen LogP contribution in [0.3, 0.4) is 0 Å². The van der Waals surface area contributed by atoms with Gasteiger partial charge in [-0.2, -0.15) is 0 Å². The van der Waals surface area contributed by atoms with Gasteiger partial charge in [-0.1, -0.05) is 12.1 Å². The normalized spacial score (nSPS) is 13.2. The summed E-state index contributed by atoms with van der Waals surface area (Å²) in [6, 6.07) is 7.64. The van der Waals surface area contributed by atoms with E-state index in [-0.39, 0.29) is 34.0 Å². The number of hydrogen-bond acceptors (Lipinski definition) is 10. The van der Waals surface area contributed by atoms with E-state index in [1.807, 2.05) is 0 Å². The van der Waals surface area contributed by atoms with Gasteiger partial charge < -0.3 is 31.2 Å². The lowest BCUT2D eigenvalue weighted by Gasteiger charge is -2.25. The number of ether oxygens (including phenoxy) is 2. The molecular formula is C20H24N2O8S. The van der Waals surface area contributed by atoms with Gasteiger partial charge in [0.05, 0.1) is 11.4 Å². The van der Waals surface area contributed by atoms with Crippen LogP contribution in [0.25, 0.3) is 0 Å². The fraction of sp³-hybridized carbons (Fsp3) is 0.300. The molecule has 2 unspecified atom stereocenters. The van der Waals surface area contributed by atoms with Crippen molar-refractivity contribution in [1.29, 1.82) is 0 Å². The van der Waals surface area contributed by atoms with Crippen molar-refractivity contribution in [2.24, 2.45) is 0 Å². The summed E-state index contributed by atoms with van der Waals surface area (Å²) < 4.78 is 37.3. The third-order valence-corrected chi connectivity index (χ3v) is 6.92. The minimum atomic E-state index is -4.25. The summed E-state index contributed by atoms with van der Waals surface area (Å²) in [4.78, 5) is 22.7. The van der Waals surface area contributed by atoms with Gasteiger partial charge in [-0.25, -0.2) is 8.42 Å². The number of benzene rings is 2. The Morgan fingerprint density at radius 3 is 1.48 bits per heavy atom. The third kappa shape index (κ3) is 5.79. The number of nitrogen functional groups attached to an aromatic ring is 2. The Balaban J connectivity index is 2.60. The molecule has 6 N–H and O–H groups in total. The Morgan fingerprint density at radius 1 is 0.839 bits per heavy atom. The highest BCUT2D eigenvalue weighted by molar-refractivity contribution is 7.92. The second-order valence-corrected chi connectivity index (χ2v) is 9.12. The van der Waals surface area contributed by atoms with Crippen molar-refractivity contribution in [3.05, 3.63) is 47.5 Å². The van der Waals surface area contributed by atoms with Crippen LogP contribution >= 0.6 is 0 Å². The van der Waals surface area contributed by atoms with Gasteiger partial charge in [0.1, 0.15) is 35.2 Å². The summed E-state index contributed by atoms with van der Waals surface area (Å²) in [5.41, 5.74) is 11.6. The van der Waals surface area contributed by atoms with Crippen molar-refractivity contribution in [3.8, 4) is 11.5 Å². The van der Waals surface area contributed by atoms with Crippen LogP contribution in [0.4, 0.5) is 11.4 Å². The van der Waals surface area contributed by atoms with Crippen LogP contribution in [0.1, 0.15) is 35.5 Å². The monoisotopic (exact) mass is 452 g/mol. The van der Waals surface area contributed by atoms with Crippen molar-refractivity contribution in [1.82, 2.24) is 0 Å². The van der Waals surface area contributed by atoms with Gasteiger partial charge in [-0.3, -0.25) is 9.59 Å². The molecule has 0 aliphatic heterocycles. The first-order valence-electron chi connectivity index (χ1n) is 9.09. The predicted octanol–water partition coefficient (Wildman–Crippen LogP) is 1.59. The maximum absolute atomic E-state index is 13.7. The molecule has 0 radical (unpaired) electrons. The van der Waals surface area contributed by atoms with Crippen LogP contribution in [0.2, 0.25) is 0 Å². The Labute approximate surface area is 179 Å². The number of nitrogens with two attached hydrogens (primary N) is 2. The molecule has 10 nitrogen and oxygen atoms in total. The van der Waals surface area contributed by atoms with E-state index >= 15 is 0 Å². The van der Waals surface area contributed by atoms with E-state index in [0.29, 0.717) is 0 Å². The lowest BCUT2D eigenvalue weighted by molar-refractivity contribution is -0.141. The van der Waals surface area contributed by atoms with Crippen LogP contribution in [0.15, 0.2) is 36.4 Å². The second-order valence-electron chi connectivity index (χ2n) is 6.81. The van der Waals surface area contributed by atoms with Gasteiger partial charge in [-0.15, -0.1) is 0 Å². The lowest BCUT2D eigenvalue weighted by atomic mass is 10.1. The molecule has 11 heteroatoms. The molecule has 0 bridgehead atoms. The first-order valence-corrected chi connectivity index (χ1v) is 10.7. The molecule has 0 saturated carbocycles. The summed E-state index contributed by atoms with van der Waals surface area (Å²) >= 11 is 0. The van der Waals surface area contributed by atoms with E-state index in [4.69, 9.17) is 20.9 Å². The molecule has 0 aliphatic rings. The number of sulfone groups is 1. The molecule has 31 heavy (non-hydrogen) atoms. The fourth-order valence-corrected chi connectivity index (χ4v) is 4.86. The van der Waals surface area contributed by atoms with E-state index in [0.717, 1.165) is 13.8 Å². The number of esters is 2. The summed E-state index contributed by atoms with van der Waals surface area (Å²) in [6.07, 6.45) is 0. The highest BCUT2D eigenvalue weighted by Gasteiger charge is 2.38. The Morgan fingerprint density at radius 2 is 1.19 bits per heavy atom. The van der Waals surface area contributed by atoms with Crippen LogP contribution in [-0.2, 0) is 28.9 Å². The van der Waals surface area contributed by atoms with E-state index in [1.54, 1.807) is 0 Å². The van der Waals surface area contributed by atoms with E-state index in [1.165, 1.54) is 36.4 Å². The highest BCUT2D eigenvalue weighted by atomic mass is 32.2. The minimum Gasteiger partial charge on any atom is -0.506 e. The Hall–Kier alpha value is -3.47. The molecule has 0 amide bonds. The van der Waals surface area contributed by atoms with Crippen LogP contribution in [0, 0.1) is 0 Å². The number of carbonyl (C=O) groups excluding carboxylic acids is 2. The molecule has 0 spiro atoms. The Bertz CT molecular complexity index is 1010. The maximum atomic E-state index is 13.7. The molecule has 0 heterocycles. The molecule has 0 saturated heterocycles. The molecule has 2 aromatic carbocycles. The molecule has 2 aromatic rings. The predicted molar refractivity (Wildman–Crippen MR) is 113 cm³/mol. The summed E-state index contributed by atoms with van der Waals surface area (Å²) in [5, 5.41) is 16.6. The van der Waals surface area contributed by atoms with Gasteiger partial charge in [0.2, 0.25) is 0 Å². The minimum absolute atomic E-state index is 0.0639. The molecular weight excluding hydrogens is 428 g/mol. The Kier molecular flexibility index (Phi) is 7.34. The van der Waals surface area contributed by atoms with Crippen LogP contribution in [-0.4, -0.2) is 43.8 Å². The van der Waals surface area contributed by atoms with Gasteiger partial charge in [0.15, 0.2) is 9.84 Å². The van der Waals surface area contributed by atoms with Crippen molar-refractivity contribution < 1.29 is 37.7 Å². The standard InChI is InChI=1S/C20H24N2O8S/c1-11(23)29-9-19(13-3-5-17(25)15(21)7-13)31(27,28)20(10-30-12(2)24)14-4-6-18(26)16(22)8-14/h3-8,19-20,25-26H,9-10,21-22H2,1-2H3. The maximum Gasteiger partial charge on any atom is 0.302 e. The zero-order valence-corrected chi connectivity index (χ0v) is 17.8. The van der Waals surface area contributed by atoms with E-state index < -0.39 is 45.5 Å². The quantitative estimate of drug-likeness (QED) is 0.261. The number of phenolic OH excluding ortho intramolecular Hbond substituents is 2. The van der Waals surface area contributed by atoms with Gasteiger partial charge >= 0.3 is 11.9 Å². The van der Waals surface area contributed by atoms with Crippen molar-refractivity contribution in [2.45, 2.75) is 24.3 Å². The number of carbonyl (C=O) groups is 2. The molecule has 2 rings (SSSR count). The van der Waals surface area contributed by atoms with Crippen molar-refractivity contribution in [3.63, 3.8) is 0 Å². The number of rotatable bonds is 8. The topological polar surface area (TPSA) is 179 Å². The van der Waals surface area contributed by atoms with Crippen molar-refractivity contribution >= 4 is 33.2 Å². The molecule has 0 aromatic heterocycles. The summed E-state index contributed by atoms with van der Waals surface area (Å²) in [7, 11) is -4.25. The number of phenols is 2.